The van der Waals surface area contributed by atoms with Crippen molar-refractivity contribution in [3.63, 3.8) is 0 Å². The van der Waals surface area contributed by atoms with Crippen molar-refractivity contribution >= 4 is 0 Å². The molecule has 2 heterocycles. The molecule has 0 bridgehead atoms. The number of piperazine rings is 1. The topological polar surface area (TPSA) is 24.5 Å². The van der Waals surface area contributed by atoms with Gasteiger partial charge in [0.1, 0.15) is 0 Å². The summed E-state index contributed by atoms with van der Waals surface area (Å²) >= 11 is 0. The van der Waals surface area contributed by atoms with Gasteiger partial charge in [0.25, 0.3) is 0 Å². The van der Waals surface area contributed by atoms with E-state index in [0.29, 0.717) is 5.92 Å². The van der Waals surface area contributed by atoms with Gasteiger partial charge in [0.15, 0.2) is 0 Å². The number of rotatable bonds is 1. The van der Waals surface area contributed by atoms with Crippen molar-refractivity contribution in [3.8, 4) is 0 Å². The molecule has 0 unspecified atom stereocenters. The first kappa shape index (κ1) is 9.44. The van der Waals surface area contributed by atoms with E-state index < -0.39 is 0 Å². The third-order valence-corrected chi connectivity index (χ3v) is 3.22. The SMILES string of the molecule is C[C@@H]1COCC[C@H]1N1CCNCC1. The van der Waals surface area contributed by atoms with Crippen molar-refractivity contribution in [1.82, 2.24) is 10.2 Å². The largest absolute Gasteiger partial charge is 0.381 e. The quantitative estimate of drug-likeness (QED) is 0.635. The van der Waals surface area contributed by atoms with Crippen molar-refractivity contribution in [2.75, 3.05) is 39.4 Å². The van der Waals surface area contributed by atoms with Crippen molar-refractivity contribution < 1.29 is 4.74 Å². The number of nitrogens with one attached hydrogen (secondary N) is 1. The molecule has 3 nitrogen and oxygen atoms in total. The van der Waals surface area contributed by atoms with Crippen LogP contribution in [0.2, 0.25) is 0 Å². The van der Waals surface area contributed by atoms with Crippen LogP contribution < -0.4 is 5.32 Å². The maximum absolute atomic E-state index is 5.46. The van der Waals surface area contributed by atoms with Gasteiger partial charge in [-0.1, -0.05) is 6.92 Å². The Morgan fingerprint density at radius 3 is 2.77 bits per heavy atom. The van der Waals surface area contributed by atoms with E-state index in [4.69, 9.17) is 4.74 Å². The summed E-state index contributed by atoms with van der Waals surface area (Å²) in [6.07, 6.45) is 1.22. The minimum Gasteiger partial charge on any atom is -0.381 e. The van der Waals surface area contributed by atoms with Crippen molar-refractivity contribution in [2.45, 2.75) is 19.4 Å². The van der Waals surface area contributed by atoms with Crippen LogP contribution in [0.1, 0.15) is 13.3 Å². The average molecular weight is 184 g/mol. The molecule has 76 valence electrons. The maximum atomic E-state index is 5.46. The van der Waals surface area contributed by atoms with Gasteiger partial charge in [-0.05, 0) is 12.3 Å². The molecule has 0 saturated carbocycles. The second-order valence-corrected chi connectivity index (χ2v) is 4.19. The fraction of sp³-hybridized carbons (Fsp3) is 1.00. The van der Waals surface area contributed by atoms with Gasteiger partial charge in [-0.3, -0.25) is 4.90 Å². The summed E-state index contributed by atoms with van der Waals surface area (Å²) in [5, 5.41) is 3.40. The number of ether oxygens (including phenoxy) is 1. The Kier molecular flexibility index (Phi) is 3.19. The third-order valence-electron chi connectivity index (χ3n) is 3.22. The Bertz CT molecular complexity index is 157. The molecule has 2 saturated heterocycles. The van der Waals surface area contributed by atoms with Crippen LogP contribution >= 0.6 is 0 Å². The zero-order valence-electron chi connectivity index (χ0n) is 8.46. The summed E-state index contributed by atoms with van der Waals surface area (Å²) in [6, 6.07) is 0.774. The van der Waals surface area contributed by atoms with Crippen LogP contribution in [0.5, 0.6) is 0 Å². The second kappa shape index (κ2) is 4.40. The molecule has 2 fully saturated rings. The van der Waals surface area contributed by atoms with Crippen LogP contribution in [-0.4, -0.2) is 50.3 Å². The minimum absolute atomic E-state index is 0.715. The van der Waals surface area contributed by atoms with E-state index in [1.807, 2.05) is 0 Å². The molecule has 2 aliphatic rings. The molecular formula is C10H20N2O. The van der Waals surface area contributed by atoms with Crippen LogP contribution in [0.3, 0.4) is 0 Å². The smallest absolute Gasteiger partial charge is 0.0506 e. The molecule has 0 radical (unpaired) electrons. The molecule has 0 aromatic carbocycles. The van der Waals surface area contributed by atoms with Crippen LogP contribution in [0, 0.1) is 5.92 Å². The van der Waals surface area contributed by atoms with Gasteiger partial charge in [-0.25, -0.2) is 0 Å². The molecule has 0 aromatic heterocycles. The zero-order chi connectivity index (χ0) is 9.10. The Balaban J connectivity index is 1.88. The van der Waals surface area contributed by atoms with Crippen molar-refractivity contribution in [1.29, 1.82) is 0 Å². The standard InChI is InChI=1S/C10H20N2O/c1-9-8-13-7-2-10(9)12-5-3-11-4-6-12/h9-11H,2-8H2,1H3/t9-,10-/m1/s1. The molecule has 2 aliphatic heterocycles. The van der Waals surface area contributed by atoms with Crippen LogP contribution in [0.25, 0.3) is 0 Å². The van der Waals surface area contributed by atoms with Crippen LogP contribution in [0.4, 0.5) is 0 Å². The lowest BCUT2D eigenvalue weighted by Crippen LogP contribution is -2.52. The summed E-state index contributed by atoms with van der Waals surface area (Å²) in [7, 11) is 0. The van der Waals surface area contributed by atoms with E-state index in [-0.39, 0.29) is 0 Å². The Hall–Kier alpha value is -0.120. The second-order valence-electron chi connectivity index (χ2n) is 4.19. The molecule has 0 amide bonds. The number of hydrogen-bond donors (Lipinski definition) is 1. The lowest BCUT2D eigenvalue weighted by atomic mass is 9.95. The van der Waals surface area contributed by atoms with E-state index in [1.54, 1.807) is 0 Å². The lowest BCUT2D eigenvalue weighted by Gasteiger charge is -2.40. The fourth-order valence-corrected chi connectivity index (χ4v) is 2.43. The van der Waals surface area contributed by atoms with Gasteiger partial charge >= 0.3 is 0 Å². The van der Waals surface area contributed by atoms with E-state index in [0.717, 1.165) is 32.3 Å². The maximum Gasteiger partial charge on any atom is 0.0506 e. The van der Waals surface area contributed by atoms with Gasteiger partial charge in [-0.15, -0.1) is 0 Å². The van der Waals surface area contributed by atoms with Gasteiger partial charge in [0, 0.05) is 38.8 Å². The van der Waals surface area contributed by atoms with E-state index in [9.17, 15) is 0 Å². The van der Waals surface area contributed by atoms with Gasteiger partial charge in [0.2, 0.25) is 0 Å². The van der Waals surface area contributed by atoms with E-state index in [2.05, 4.69) is 17.1 Å². The Labute approximate surface area is 80.4 Å². The normalized spacial score (nSPS) is 37.6. The van der Waals surface area contributed by atoms with Gasteiger partial charge in [0.05, 0.1) is 6.61 Å². The molecule has 0 aromatic rings. The summed E-state index contributed by atoms with van der Waals surface area (Å²) < 4.78 is 5.46. The summed E-state index contributed by atoms with van der Waals surface area (Å²) in [6.45, 7) is 8.97. The molecule has 2 rings (SSSR count). The highest BCUT2D eigenvalue weighted by molar-refractivity contribution is 4.82. The minimum atomic E-state index is 0.715. The molecule has 0 aliphatic carbocycles. The van der Waals surface area contributed by atoms with Gasteiger partial charge in [-0.2, -0.15) is 0 Å². The third kappa shape index (κ3) is 2.22. The van der Waals surface area contributed by atoms with Crippen molar-refractivity contribution in [2.24, 2.45) is 5.92 Å². The molecule has 13 heavy (non-hydrogen) atoms. The summed E-state index contributed by atoms with van der Waals surface area (Å²) in [5.74, 6) is 0.715. The monoisotopic (exact) mass is 184 g/mol. The molecule has 1 N–H and O–H groups in total. The lowest BCUT2D eigenvalue weighted by molar-refractivity contribution is -0.00937. The number of hydrogen-bond acceptors (Lipinski definition) is 3. The van der Waals surface area contributed by atoms with Gasteiger partial charge < -0.3 is 10.1 Å². The predicted molar refractivity (Wildman–Crippen MR) is 52.8 cm³/mol. The fourth-order valence-electron chi connectivity index (χ4n) is 2.43. The summed E-state index contributed by atoms with van der Waals surface area (Å²) in [4.78, 5) is 2.63. The first-order chi connectivity index (χ1) is 6.38. The van der Waals surface area contributed by atoms with E-state index in [1.165, 1.54) is 19.5 Å². The molecular weight excluding hydrogens is 164 g/mol. The number of nitrogens with zero attached hydrogens (tertiary/aromatic N) is 1. The van der Waals surface area contributed by atoms with Crippen molar-refractivity contribution in [3.05, 3.63) is 0 Å². The molecule has 3 heteroatoms. The first-order valence-corrected chi connectivity index (χ1v) is 5.40. The Morgan fingerprint density at radius 2 is 2.08 bits per heavy atom. The highest BCUT2D eigenvalue weighted by Gasteiger charge is 2.28. The highest BCUT2D eigenvalue weighted by Crippen LogP contribution is 2.20. The highest BCUT2D eigenvalue weighted by atomic mass is 16.5. The summed E-state index contributed by atoms with van der Waals surface area (Å²) in [5.41, 5.74) is 0. The average Bonchev–Trinajstić information content (AvgIpc) is 2.20. The predicted octanol–water partition coefficient (Wildman–Crippen LogP) is 0.317. The van der Waals surface area contributed by atoms with Crippen LogP contribution in [-0.2, 0) is 4.74 Å². The first-order valence-electron chi connectivity index (χ1n) is 5.40. The zero-order valence-corrected chi connectivity index (χ0v) is 8.46. The molecule has 0 spiro atoms. The van der Waals surface area contributed by atoms with E-state index >= 15 is 0 Å². The van der Waals surface area contributed by atoms with Crippen LogP contribution in [0.15, 0.2) is 0 Å². The molecule has 2 atom stereocenters. The Morgan fingerprint density at radius 1 is 1.31 bits per heavy atom.